The highest BCUT2D eigenvalue weighted by molar-refractivity contribution is 8.00. The van der Waals surface area contributed by atoms with Gasteiger partial charge in [0.15, 0.2) is 0 Å². The Labute approximate surface area is 154 Å². The number of anilines is 1. The maximum atomic E-state index is 12.7. The number of carbonyl (C=O) groups is 3. The summed E-state index contributed by atoms with van der Waals surface area (Å²) in [5.41, 5.74) is 0.964. The molecule has 2 heterocycles. The number of carbonyl (C=O) groups excluding carboxylic acids is 3. The summed E-state index contributed by atoms with van der Waals surface area (Å²) in [7, 11) is 0. The lowest BCUT2D eigenvalue weighted by atomic mass is 10.1. The van der Waals surface area contributed by atoms with Gasteiger partial charge >= 0.3 is 6.03 Å². The minimum atomic E-state index is -0.627. The highest BCUT2D eigenvalue weighted by Crippen LogP contribution is 2.30. The molecule has 0 saturated carbocycles. The molecule has 2 aliphatic rings. The van der Waals surface area contributed by atoms with Gasteiger partial charge in [-0.15, -0.1) is 0 Å². The van der Waals surface area contributed by atoms with E-state index in [4.69, 9.17) is 11.6 Å². The fourth-order valence-corrected chi connectivity index (χ4v) is 3.68. The van der Waals surface area contributed by atoms with Gasteiger partial charge in [0.05, 0.1) is 16.4 Å². The summed E-state index contributed by atoms with van der Waals surface area (Å²) in [6, 6.07) is 5.43. The monoisotopic (exact) mass is 380 g/mol. The van der Waals surface area contributed by atoms with E-state index in [1.165, 1.54) is 21.7 Å². The zero-order valence-electron chi connectivity index (χ0n) is 13.7. The molecule has 2 aliphatic heterocycles. The van der Waals surface area contributed by atoms with Gasteiger partial charge in [-0.1, -0.05) is 35.7 Å². The Morgan fingerprint density at radius 3 is 2.76 bits per heavy atom. The number of nitrogens with one attached hydrogen (secondary N) is 2. The maximum Gasteiger partial charge on any atom is 0.331 e. The van der Waals surface area contributed by atoms with Crippen LogP contribution in [0.4, 0.5) is 10.5 Å². The standard InChI is InChI=1S/C16H17ClN4O3S/c1-9(2)21-15(23)14-12(8-25-19-14)20(16(21)24)7-13(22)18-11-6-4-3-5-10(11)17/h3-6,8-9,14,19H,7H2,1-2H3,(H,18,22). The number of rotatable bonds is 4. The van der Waals surface area contributed by atoms with Crippen molar-refractivity contribution >= 4 is 47.1 Å². The molecule has 1 atom stereocenters. The van der Waals surface area contributed by atoms with Crippen LogP contribution in [-0.4, -0.2) is 46.3 Å². The van der Waals surface area contributed by atoms with Crippen LogP contribution in [0.2, 0.25) is 5.02 Å². The van der Waals surface area contributed by atoms with Gasteiger partial charge in [-0.05, 0) is 26.0 Å². The Hall–Kier alpha value is -2.03. The number of para-hydroxylation sites is 1. The zero-order valence-corrected chi connectivity index (χ0v) is 15.2. The summed E-state index contributed by atoms with van der Waals surface area (Å²) in [4.78, 5) is 40.1. The van der Waals surface area contributed by atoms with Crippen LogP contribution in [0.15, 0.2) is 35.4 Å². The molecule has 3 rings (SSSR count). The van der Waals surface area contributed by atoms with Crippen molar-refractivity contribution in [1.29, 1.82) is 0 Å². The van der Waals surface area contributed by atoms with Crippen molar-refractivity contribution in [1.82, 2.24) is 14.5 Å². The Kier molecular flexibility index (Phi) is 5.03. The van der Waals surface area contributed by atoms with Gasteiger partial charge in [-0.25, -0.2) is 9.52 Å². The van der Waals surface area contributed by atoms with Crippen LogP contribution in [0, 0.1) is 0 Å². The van der Waals surface area contributed by atoms with E-state index >= 15 is 0 Å². The van der Waals surface area contributed by atoms with E-state index in [1.807, 2.05) is 0 Å². The van der Waals surface area contributed by atoms with Gasteiger partial charge in [-0.3, -0.25) is 19.4 Å². The molecule has 2 N–H and O–H groups in total. The molecule has 0 radical (unpaired) electrons. The van der Waals surface area contributed by atoms with E-state index in [0.29, 0.717) is 16.4 Å². The lowest BCUT2D eigenvalue weighted by Crippen LogP contribution is -2.62. The summed E-state index contributed by atoms with van der Waals surface area (Å²) < 4.78 is 2.96. The third-order valence-electron chi connectivity index (χ3n) is 3.86. The van der Waals surface area contributed by atoms with Crippen molar-refractivity contribution < 1.29 is 14.4 Å². The quantitative estimate of drug-likeness (QED) is 0.784. The zero-order chi connectivity index (χ0) is 18.1. The molecule has 0 aliphatic carbocycles. The second-order valence-corrected chi connectivity index (χ2v) is 7.02. The highest BCUT2D eigenvalue weighted by atomic mass is 35.5. The summed E-state index contributed by atoms with van der Waals surface area (Å²) in [5, 5.41) is 4.78. The number of urea groups is 1. The predicted octanol–water partition coefficient (Wildman–Crippen LogP) is 2.41. The molecular formula is C16H17ClN4O3S. The van der Waals surface area contributed by atoms with Crippen molar-refractivity contribution in [3.63, 3.8) is 0 Å². The molecule has 9 heteroatoms. The summed E-state index contributed by atoms with van der Waals surface area (Å²) >= 11 is 7.27. The van der Waals surface area contributed by atoms with Crippen LogP contribution in [0.25, 0.3) is 0 Å². The number of nitrogens with zero attached hydrogens (tertiary/aromatic N) is 2. The third-order valence-corrected chi connectivity index (χ3v) is 4.92. The third kappa shape index (κ3) is 3.37. The van der Waals surface area contributed by atoms with E-state index in [9.17, 15) is 14.4 Å². The SMILES string of the molecule is CC(C)N1C(=O)C2NSC=C2N(CC(=O)Nc2ccccc2Cl)C1=O. The first kappa shape index (κ1) is 17.8. The van der Waals surface area contributed by atoms with Crippen LogP contribution in [0.1, 0.15) is 13.8 Å². The fourth-order valence-electron chi connectivity index (χ4n) is 2.69. The topological polar surface area (TPSA) is 81.8 Å². The van der Waals surface area contributed by atoms with Gasteiger partial charge in [0.25, 0.3) is 5.91 Å². The molecule has 132 valence electrons. The van der Waals surface area contributed by atoms with Crippen molar-refractivity contribution in [2.45, 2.75) is 25.9 Å². The predicted molar refractivity (Wildman–Crippen MR) is 96.8 cm³/mol. The second-order valence-electron chi connectivity index (χ2n) is 5.91. The number of halogens is 1. The smallest absolute Gasteiger partial charge is 0.323 e. The Bertz CT molecular complexity index is 768. The van der Waals surface area contributed by atoms with E-state index in [0.717, 1.165) is 0 Å². The average molecular weight is 381 g/mol. The highest BCUT2D eigenvalue weighted by Gasteiger charge is 2.46. The molecule has 7 nitrogen and oxygen atoms in total. The first-order valence-electron chi connectivity index (χ1n) is 7.70. The van der Waals surface area contributed by atoms with Crippen LogP contribution in [0.3, 0.4) is 0 Å². The van der Waals surface area contributed by atoms with E-state index in [-0.39, 0.29) is 18.5 Å². The minimum absolute atomic E-state index is 0.203. The van der Waals surface area contributed by atoms with Gasteiger partial charge in [0.2, 0.25) is 5.91 Å². The molecule has 0 bridgehead atoms. The number of amides is 4. The Morgan fingerprint density at radius 1 is 1.36 bits per heavy atom. The van der Waals surface area contributed by atoms with Crippen molar-refractivity contribution in [3.05, 3.63) is 40.4 Å². The van der Waals surface area contributed by atoms with Crippen molar-refractivity contribution in [3.8, 4) is 0 Å². The average Bonchev–Trinajstić information content (AvgIpc) is 3.03. The Morgan fingerprint density at radius 2 is 2.08 bits per heavy atom. The molecule has 4 amide bonds. The molecular weight excluding hydrogens is 364 g/mol. The van der Waals surface area contributed by atoms with Gasteiger partial charge in [-0.2, -0.15) is 0 Å². The first-order valence-corrected chi connectivity index (χ1v) is 8.96. The number of hydrogen-bond donors (Lipinski definition) is 2. The van der Waals surface area contributed by atoms with E-state index in [1.54, 1.807) is 43.5 Å². The van der Waals surface area contributed by atoms with Crippen molar-refractivity contribution in [2.24, 2.45) is 0 Å². The summed E-state index contributed by atoms with van der Waals surface area (Å²) in [5.74, 6) is -0.699. The van der Waals surface area contributed by atoms with Crippen LogP contribution in [-0.2, 0) is 9.59 Å². The van der Waals surface area contributed by atoms with Gasteiger partial charge in [0.1, 0.15) is 12.6 Å². The van der Waals surface area contributed by atoms with Crippen molar-refractivity contribution in [2.75, 3.05) is 11.9 Å². The molecule has 1 saturated heterocycles. The van der Waals surface area contributed by atoms with E-state index < -0.39 is 18.0 Å². The van der Waals surface area contributed by atoms with Gasteiger partial charge < -0.3 is 5.32 Å². The largest absolute Gasteiger partial charge is 0.331 e. The molecule has 1 fully saturated rings. The summed E-state index contributed by atoms with van der Waals surface area (Å²) in [6.07, 6.45) is 0. The molecule has 0 spiro atoms. The normalized spacial score (nSPS) is 20.0. The molecule has 1 aromatic rings. The molecule has 0 aromatic heterocycles. The lowest BCUT2D eigenvalue weighted by Gasteiger charge is -2.39. The van der Waals surface area contributed by atoms with Crippen LogP contribution >= 0.6 is 23.5 Å². The minimum Gasteiger partial charge on any atom is -0.323 e. The Balaban J connectivity index is 1.80. The first-order chi connectivity index (χ1) is 11.9. The molecule has 1 unspecified atom stereocenters. The number of imide groups is 1. The number of fused-ring (bicyclic) bond motifs is 1. The summed E-state index contributed by atoms with van der Waals surface area (Å²) in [6.45, 7) is 3.31. The van der Waals surface area contributed by atoms with Crippen LogP contribution < -0.4 is 10.0 Å². The molecule has 25 heavy (non-hydrogen) atoms. The number of benzene rings is 1. The fraction of sp³-hybridized carbons (Fsp3) is 0.312. The second kappa shape index (κ2) is 7.07. The van der Waals surface area contributed by atoms with Crippen LogP contribution in [0.5, 0.6) is 0 Å². The molecule has 1 aromatic carbocycles. The maximum absolute atomic E-state index is 12.7. The number of hydrogen-bond acceptors (Lipinski definition) is 5. The van der Waals surface area contributed by atoms with Gasteiger partial charge in [0, 0.05) is 11.4 Å². The lowest BCUT2D eigenvalue weighted by molar-refractivity contribution is -0.133. The van der Waals surface area contributed by atoms with E-state index in [2.05, 4.69) is 10.0 Å².